The van der Waals surface area contributed by atoms with Gasteiger partial charge in [-0.25, -0.2) is 0 Å². The van der Waals surface area contributed by atoms with Crippen molar-refractivity contribution in [2.75, 3.05) is 0 Å². The van der Waals surface area contributed by atoms with Gasteiger partial charge >= 0.3 is 0 Å². The summed E-state index contributed by atoms with van der Waals surface area (Å²) in [7, 11) is 0. The van der Waals surface area contributed by atoms with Gasteiger partial charge in [0.1, 0.15) is 0 Å². The summed E-state index contributed by atoms with van der Waals surface area (Å²) in [6.07, 6.45) is 6.60. The van der Waals surface area contributed by atoms with Crippen molar-refractivity contribution in [3.05, 3.63) is 27.7 Å². The van der Waals surface area contributed by atoms with Crippen molar-refractivity contribution in [2.24, 2.45) is 0 Å². The van der Waals surface area contributed by atoms with Gasteiger partial charge in [0.15, 0.2) is 0 Å². The fourth-order valence-corrected chi connectivity index (χ4v) is 0.433. The first-order chi connectivity index (χ1) is 3.41. The van der Waals surface area contributed by atoms with Crippen LogP contribution in [0.15, 0.2) is 0 Å². The minimum absolute atomic E-state index is 0. The Labute approximate surface area is 395 Å². The Morgan fingerprint density at radius 1 is 0.545 bits per heavy atom. The van der Waals surface area contributed by atoms with Gasteiger partial charge in [-0.3, -0.25) is 0 Å². The molecule has 0 amide bonds. The van der Waals surface area contributed by atoms with Gasteiger partial charge in [-0.1, -0.05) is 0 Å². The summed E-state index contributed by atoms with van der Waals surface area (Å²) in [5.41, 5.74) is 0. The predicted molar refractivity (Wildman–Crippen MR) is 39.9 cm³/mol. The Hall–Kier alpha value is 11.7. The van der Waals surface area contributed by atoms with E-state index in [4.69, 9.17) is 0 Å². The molecule has 0 nitrogen and oxygen atoms in total. The normalized spacial score (nSPS) is 3.00. The molecule has 22 heavy (non-hydrogen) atoms. The molecule has 0 aromatic rings. The van der Waals surface area contributed by atoms with Crippen LogP contribution >= 0.6 is 0 Å². The third-order valence-electron chi connectivity index (χ3n) is 0.862. The van der Waals surface area contributed by atoms with Gasteiger partial charge in [-0.15, -0.1) is 6.42 Å². The Bertz CT molecular complexity index is 53.2. The molecule has 0 heterocycles. The first kappa shape index (κ1) is 115. The molecule has 0 spiro atoms. The van der Waals surface area contributed by atoms with E-state index in [-0.39, 0.29) is 361 Å². The van der Waals surface area contributed by atoms with Gasteiger partial charge in [-0.2, -0.15) is 12.8 Å². The van der Waals surface area contributed by atoms with Gasteiger partial charge < -0.3 is 34.1 Å². The number of unbranched alkanes of at least 4 members (excludes halogenated alkanes) is 4. The van der Waals surface area contributed by atoms with Crippen LogP contribution in [0.4, 0.5) is 0 Å². The fraction of sp³-hybridized carbons (Fsp3) is 0.500. The van der Waals surface area contributed by atoms with Gasteiger partial charge in [0.2, 0.25) is 0 Å². The quantitative estimate of drug-likeness (QED) is 0.301. The first-order valence-corrected chi connectivity index (χ1v) is 2.82. The summed E-state index contributed by atoms with van der Waals surface area (Å²) >= 11 is 0. The maximum absolute atomic E-state index is 3.72. The standard InChI is InChI=1S/C7H13.CH3.9W.5Y/c1-3-5-7-6-4-2;;;;;;;;;;;;;;;/h5H,1-4,6-7H2;1H3;;;;;;;;;;;;;;/q-3;-1;;;;;;;;;;;;;;. The maximum atomic E-state index is 3.72. The van der Waals surface area contributed by atoms with Crippen molar-refractivity contribution in [1.82, 2.24) is 0 Å². The molecule has 0 saturated heterocycles. The van der Waals surface area contributed by atoms with E-state index in [1.807, 2.05) is 0 Å². The molecule has 0 unspecified atom stereocenters. The summed E-state index contributed by atoms with van der Waals surface area (Å²) in [6.45, 7) is 7.40. The molecule has 0 aliphatic rings. The Morgan fingerprint density at radius 3 is 0.909 bits per heavy atom. The average molecular weight is 2210 g/mol. The molecule has 0 fully saturated rings. The summed E-state index contributed by atoms with van der Waals surface area (Å²) in [4.78, 5) is 0. The molecular weight excluding hydrogens is 2200 g/mol. The third-order valence-corrected chi connectivity index (χ3v) is 0.862. The first-order valence-electron chi connectivity index (χ1n) is 2.82. The number of rotatable bonds is 4. The number of hydrogen-bond acceptors (Lipinski definition) is 0. The Kier molecular flexibility index (Phi) is 616. The van der Waals surface area contributed by atoms with Crippen molar-refractivity contribution >= 4 is 0 Å². The van der Waals surface area contributed by atoms with Gasteiger partial charge in [0.05, 0.1) is 0 Å². The van der Waals surface area contributed by atoms with E-state index < -0.39 is 0 Å². The SMILES string of the molecule is [CH2-]C[CH-]CCC[CH2-].[CH3-].[W].[W].[W].[W].[W].[W].[W].[W].[W].[Y].[Y].[Y].[Y].[Y]. The van der Waals surface area contributed by atoms with Crippen molar-refractivity contribution < 1.29 is 353 Å². The molecule has 0 bridgehead atoms. The van der Waals surface area contributed by atoms with Crippen LogP contribution in [0.25, 0.3) is 0 Å². The minimum atomic E-state index is 0. The summed E-state index contributed by atoms with van der Waals surface area (Å²) in [5.74, 6) is 0. The average Bonchev–Trinajstić information content (AvgIpc) is 1.69. The molecule has 0 aliphatic carbocycles. The summed E-state index contributed by atoms with van der Waals surface area (Å²) in [5, 5.41) is 0. The van der Waals surface area contributed by atoms with Crippen molar-refractivity contribution in [1.29, 1.82) is 0 Å². The van der Waals surface area contributed by atoms with Crippen molar-refractivity contribution in [3.8, 4) is 0 Å². The molecule has 0 aliphatic heterocycles. The van der Waals surface area contributed by atoms with E-state index in [0.29, 0.717) is 0 Å². The van der Waals surface area contributed by atoms with Crippen LogP contribution in [0.5, 0.6) is 0 Å². The second-order valence-electron chi connectivity index (χ2n) is 1.57. The van der Waals surface area contributed by atoms with Crippen LogP contribution in [0.1, 0.15) is 25.7 Å². The zero-order valence-electron chi connectivity index (χ0n) is 12.4. The van der Waals surface area contributed by atoms with Crippen LogP contribution in [-0.2, 0) is 353 Å². The molecule has 0 aromatic heterocycles. The molecule has 0 rings (SSSR count). The van der Waals surface area contributed by atoms with E-state index in [1.165, 1.54) is 12.8 Å². The zero-order chi connectivity index (χ0) is 5.54. The second-order valence-corrected chi connectivity index (χ2v) is 1.57. The molecule has 0 atom stereocenters. The van der Waals surface area contributed by atoms with Gasteiger partial charge in [0, 0.05) is 353 Å². The molecule has 0 aromatic carbocycles. The Morgan fingerprint density at radius 2 is 0.773 bits per heavy atom. The molecule has 0 N–H and O–H groups in total. The van der Waals surface area contributed by atoms with Crippen LogP contribution in [0.2, 0.25) is 0 Å². The van der Waals surface area contributed by atoms with E-state index in [0.717, 1.165) is 12.8 Å². The molecule has 5 radical (unpaired) electrons. The third kappa shape index (κ3) is 121. The smallest absolute Gasteiger partial charge is 0 e. The molecule has 0 saturated carbocycles. The van der Waals surface area contributed by atoms with E-state index in [2.05, 4.69) is 20.3 Å². The maximum Gasteiger partial charge on any atom is 0 e. The largest absolute Gasteiger partial charge is 0.372 e. The summed E-state index contributed by atoms with van der Waals surface area (Å²) < 4.78 is 0. The van der Waals surface area contributed by atoms with Gasteiger partial charge in [-0.05, 0) is 0 Å². The molecule has 14 heteroatoms. The van der Waals surface area contributed by atoms with E-state index in [9.17, 15) is 0 Å². The van der Waals surface area contributed by atoms with Crippen molar-refractivity contribution in [2.45, 2.75) is 25.7 Å². The van der Waals surface area contributed by atoms with Crippen LogP contribution in [-0.4, -0.2) is 0 Å². The van der Waals surface area contributed by atoms with Crippen molar-refractivity contribution in [3.63, 3.8) is 0 Å². The Balaban J connectivity index is -0.00000000171. The van der Waals surface area contributed by atoms with E-state index >= 15 is 0 Å². The molecule has 121 valence electrons. The van der Waals surface area contributed by atoms with Crippen LogP contribution < -0.4 is 0 Å². The second kappa shape index (κ2) is 118. The fourth-order valence-electron chi connectivity index (χ4n) is 0.433. The topological polar surface area (TPSA) is 0 Å². The van der Waals surface area contributed by atoms with Crippen LogP contribution in [0.3, 0.4) is 0 Å². The summed E-state index contributed by atoms with van der Waals surface area (Å²) in [6, 6.07) is 0. The molecular formula is C8H16W9Y5-4. The number of hydrogen-bond donors (Lipinski definition) is 0. The van der Waals surface area contributed by atoms with Crippen LogP contribution in [0, 0.1) is 27.7 Å². The predicted octanol–water partition coefficient (Wildman–Crippen LogP) is 2.83. The zero-order valence-corrected chi connectivity index (χ0v) is 53.0. The van der Waals surface area contributed by atoms with E-state index in [1.54, 1.807) is 0 Å². The minimum Gasteiger partial charge on any atom is -0.372 e. The monoisotopic (exact) mass is 2210 g/mol. The van der Waals surface area contributed by atoms with Gasteiger partial charge in [0.25, 0.3) is 0 Å².